The molecule has 0 saturated heterocycles. The Balaban J connectivity index is -0.000000192. The minimum absolute atomic E-state index is 0. The Bertz CT molecular complexity index is 392. The third kappa shape index (κ3) is 58.6. The molecule has 53 heavy (non-hydrogen) atoms. The second kappa shape index (κ2) is 60.9. The number of rotatable bonds is 36. The van der Waals surface area contributed by atoms with Gasteiger partial charge in [0.15, 0.2) is 0 Å². The molecule has 0 unspecified atom stereocenters. The fourth-order valence-electron chi connectivity index (χ4n) is 5.92. The summed E-state index contributed by atoms with van der Waals surface area (Å²) in [6.45, 7) is 27.8. The molecule has 330 valence electrons. The SMILES string of the molecule is CCCCP(CCCC)CCCC.CCCCP(CCCC)CCCC.CCCCP(CCCC)CCCC.CCCCP(CCCC)CCCC.[Ni]. The van der Waals surface area contributed by atoms with Crippen molar-refractivity contribution in [3.8, 4) is 0 Å². The van der Waals surface area contributed by atoms with Gasteiger partial charge in [-0.05, 0) is 151 Å². The summed E-state index contributed by atoms with van der Waals surface area (Å²) in [5.41, 5.74) is 0. The predicted octanol–water partition coefficient (Wildman–Crippen LogP) is 19.5. The van der Waals surface area contributed by atoms with E-state index in [1.807, 2.05) is 0 Å². The van der Waals surface area contributed by atoms with E-state index in [4.69, 9.17) is 0 Å². The van der Waals surface area contributed by atoms with Crippen LogP contribution in [0.15, 0.2) is 0 Å². The van der Waals surface area contributed by atoms with Gasteiger partial charge in [-0.3, -0.25) is 0 Å². The van der Waals surface area contributed by atoms with Gasteiger partial charge in [-0.25, -0.2) is 0 Å². The fraction of sp³-hybridized carbons (Fsp3) is 1.00. The Labute approximate surface area is 357 Å². The van der Waals surface area contributed by atoms with E-state index < -0.39 is 0 Å². The molecule has 0 saturated carbocycles. The normalized spacial score (nSPS) is 10.9. The zero-order valence-corrected chi connectivity index (χ0v) is 44.1. The van der Waals surface area contributed by atoms with Crippen molar-refractivity contribution in [3.63, 3.8) is 0 Å². The minimum Gasteiger partial charge on any atom is -0.107 e. The van der Waals surface area contributed by atoms with Gasteiger partial charge in [-0.1, -0.05) is 160 Å². The van der Waals surface area contributed by atoms with E-state index in [0.29, 0.717) is 31.7 Å². The van der Waals surface area contributed by atoms with Crippen molar-refractivity contribution in [2.45, 2.75) is 237 Å². The quantitative estimate of drug-likeness (QED) is 0.0435. The van der Waals surface area contributed by atoms with Crippen LogP contribution in [0.25, 0.3) is 0 Å². The molecule has 0 rings (SSSR count). The number of hydrogen-bond acceptors (Lipinski definition) is 0. The van der Waals surface area contributed by atoms with E-state index in [0.717, 1.165) is 0 Å². The van der Waals surface area contributed by atoms with E-state index in [1.165, 1.54) is 154 Å². The van der Waals surface area contributed by atoms with Gasteiger partial charge in [0.2, 0.25) is 0 Å². The molecule has 0 fully saturated rings. The van der Waals surface area contributed by atoms with Crippen LogP contribution in [0, 0.1) is 0 Å². The molecule has 0 spiro atoms. The van der Waals surface area contributed by atoms with Crippen LogP contribution >= 0.6 is 31.7 Å². The van der Waals surface area contributed by atoms with Gasteiger partial charge < -0.3 is 0 Å². The van der Waals surface area contributed by atoms with Crippen molar-refractivity contribution in [2.24, 2.45) is 0 Å². The minimum atomic E-state index is 0. The van der Waals surface area contributed by atoms with Crippen LogP contribution in [0.4, 0.5) is 0 Å². The van der Waals surface area contributed by atoms with Crippen molar-refractivity contribution < 1.29 is 16.5 Å². The molecule has 5 heteroatoms. The van der Waals surface area contributed by atoms with Crippen LogP contribution in [0.3, 0.4) is 0 Å². The van der Waals surface area contributed by atoms with E-state index in [9.17, 15) is 0 Å². The third-order valence-electron chi connectivity index (χ3n) is 9.93. The molecule has 0 bridgehead atoms. The second-order valence-electron chi connectivity index (χ2n) is 15.6. The van der Waals surface area contributed by atoms with E-state index in [-0.39, 0.29) is 16.5 Å². The zero-order valence-electron chi connectivity index (χ0n) is 39.6. The van der Waals surface area contributed by atoms with Crippen LogP contribution in [0.1, 0.15) is 237 Å². The van der Waals surface area contributed by atoms with Gasteiger partial charge in [-0.2, -0.15) is 0 Å². The van der Waals surface area contributed by atoms with Crippen molar-refractivity contribution in [3.05, 3.63) is 0 Å². The summed E-state index contributed by atoms with van der Waals surface area (Å²) in [7, 11) is 1.69. The molecular formula is C48H108NiP4. The van der Waals surface area contributed by atoms with Crippen molar-refractivity contribution in [2.75, 3.05) is 73.9 Å². The Hall–Kier alpha value is 2.21. The van der Waals surface area contributed by atoms with Crippen LogP contribution < -0.4 is 0 Å². The summed E-state index contributed by atoms with van der Waals surface area (Å²) < 4.78 is 0. The standard InChI is InChI=1S/4C12H27P.Ni/c4*1-4-7-10-13(11-8-5-2)12-9-6-3;/h4*4-12H2,1-3H3;. The smallest absolute Gasteiger partial charge is 0 e. The second-order valence-corrected chi connectivity index (χ2v) is 26.3. The molecule has 0 nitrogen and oxygen atoms in total. The van der Waals surface area contributed by atoms with Crippen molar-refractivity contribution in [1.82, 2.24) is 0 Å². The van der Waals surface area contributed by atoms with Gasteiger partial charge in [0.25, 0.3) is 0 Å². The first-order valence-electron chi connectivity index (χ1n) is 24.3. The molecule has 0 aliphatic heterocycles. The summed E-state index contributed by atoms with van der Waals surface area (Å²) in [6.07, 6.45) is 52.9. The molecule has 0 atom stereocenters. The molecule has 0 aromatic carbocycles. The van der Waals surface area contributed by atoms with Crippen molar-refractivity contribution >= 4 is 31.7 Å². The summed E-state index contributed by atoms with van der Waals surface area (Å²) >= 11 is 0. The number of unbranched alkanes of at least 4 members (excludes halogenated alkanes) is 12. The Morgan fingerprint density at radius 2 is 0.245 bits per heavy atom. The zero-order chi connectivity index (χ0) is 39.8. The maximum Gasteiger partial charge on any atom is 0 e. The Morgan fingerprint density at radius 1 is 0.170 bits per heavy atom. The average molecular weight is 868 g/mol. The first-order chi connectivity index (χ1) is 25.4. The largest absolute Gasteiger partial charge is 0.107 e. The molecule has 0 amide bonds. The maximum absolute atomic E-state index is 2.31. The van der Waals surface area contributed by atoms with Gasteiger partial charge in [-0.15, -0.1) is 31.7 Å². The molecule has 0 radical (unpaired) electrons. The average Bonchev–Trinajstić information content (AvgIpc) is 3.17. The summed E-state index contributed by atoms with van der Waals surface area (Å²) in [5, 5.41) is 0. The predicted molar refractivity (Wildman–Crippen MR) is 265 cm³/mol. The molecule has 0 N–H and O–H groups in total. The summed E-state index contributed by atoms with van der Waals surface area (Å²) in [4.78, 5) is 0. The Morgan fingerprint density at radius 3 is 0.302 bits per heavy atom. The number of hydrogen-bond donors (Lipinski definition) is 0. The molecule has 0 aromatic rings. The van der Waals surface area contributed by atoms with E-state index >= 15 is 0 Å². The van der Waals surface area contributed by atoms with Crippen molar-refractivity contribution in [1.29, 1.82) is 0 Å². The Kier molecular flexibility index (Phi) is 73.9. The molecular weight excluding hydrogens is 759 g/mol. The van der Waals surface area contributed by atoms with Gasteiger partial charge >= 0.3 is 0 Å². The maximum atomic E-state index is 2.31. The van der Waals surface area contributed by atoms with Crippen LogP contribution in [-0.2, 0) is 16.5 Å². The van der Waals surface area contributed by atoms with Gasteiger partial charge in [0.05, 0.1) is 0 Å². The first kappa shape index (κ1) is 64.4. The topological polar surface area (TPSA) is 0 Å². The fourth-order valence-corrected chi connectivity index (χ4v) is 17.8. The summed E-state index contributed by atoms with van der Waals surface area (Å²) in [6, 6.07) is 0. The third-order valence-corrected chi connectivity index (χ3v) is 21.3. The molecule has 0 aliphatic rings. The van der Waals surface area contributed by atoms with Crippen LogP contribution in [-0.4, -0.2) is 73.9 Å². The molecule has 0 aromatic heterocycles. The van der Waals surface area contributed by atoms with Crippen LogP contribution in [0.5, 0.6) is 0 Å². The molecule has 0 heterocycles. The summed E-state index contributed by atoms with van der Waals surface area (Å²) in [5.74, 6) is 0. The van der Waals surface area contributed by atoms with E-state index in [2.05, 4.69) is 83.1 Å². The van der Waals surface area contributed by atoms with Crippen LogP contribution in [0.2, 0.25) is 0 Å². The first-order valence-corrected chi connectivity index (χ1v) is 31.9. The van der Waals surface area contributed by atoms with Gasteiger partial charge in [0, 0.05) is 16.5 Å². The van der Waals surface area contributed by atoms with Gasteiger partial charge in [0.1, 0.15) is 0 Å². The monoisotopic (exact) mass is 867 g/mol. The molecule has 0 aliphatic carbocycles. The van der Waals surface area contributed by atoms with E-state index in [1.54, 1.807) is 73.9 Å².